The summed E-state index contributed by atoms with van der Waals surface area (Å²) < 4.78 is 0. The van der Waals surface area contributed by atoms with E-state index in [0.29, 0.717) is 13.1 Å². The maximum absolute atomic E-state index is 12.0. The summed E-state index contributed by atoms with van der Waals surface area (Å²) in [6.45, 7) is 3.97. The predicted molar refractivity (Wildman–Crippen MR) is 77.5 cm³/mol. The van der Waals surface area contributed by atoms with Gasteiger partial charge in [0, 0.05) is 32.7 Å². The normalized spacial score (nSPS) is 15.9. The van der Waals surface area contributed by atoms with Crippen molar-refractivity contribution in [1.29, 1.82) is 0 Å². The zero-order chi connectivity index (χ0) is 14.5. The molecule has 6 nitrogen and oxygen atoms in total. The molecule has 1 aromatic carbocycles. The molecule has 1 aliphatic heterocycles. The Morgan fingerprint density at radius 2 is 1.86 bits per heavy atom. The van der Waals surface area contributed by atoms with Gasteiger partial charge in [-0.15, -0.1) is 5.10 Å². The molecule has 1 aromatic heterocycles. The molecule has 2 heterocycles. The third kappa shape index (κ3) is 3.61. The second-order valence-electron chi connectivity index (χ2n) is 5.01. The summed E-state index contributed by atoms with van der Waals surface area (Å²) in [7, 11) is 0. The molecule has 0 bridgehead atoms. The Bertz CT molecular complexity index is 563. The van der Waals surface area contributed by atoms with Crippen LogP contribution in [0.15, 0.2) is 48.8 Å². The molecular weight excluding hydrogens is 268 g/mol. The molecule has 110 valence electrons. The van der Waals surface area contributed by atoms with Crippen molar-refractivity contribution in [2.45, 2.75) is 6.54 Å². The topological polar surface area (TPSA) is 50.6 Å². The average Bonchev–Trinajstić information content (AvgIpc) is 3.02. The first kappa shape index (κ1) is 13.6. The highest BCUT2D eigenvalue weighted by Crippen LogP contribution is 2.08. The fourth-order valence-corrected chi connectivity index (χ4v) is 2.38. The fraction of sp³-hybridized carbons (Fsp3) is 0.333. The lowest BCUT2D eigenvalue weighted by atomic mass is 10.2. The molecule has 1 fully saturated rings. The Balaban J connectivity index is 1.47. The van der Waals surface area contributed by atoms with Crippen LogP contribution in [-0.2, 0) is 6.54 Å². The fourth-order valence-electron chi connectivity index (χ4n) is 2.38. The van der Waals surface area contributed by atoms with E-state index in [1.54, 1.807) is 23.4 Å². The standard InChI is InChI=1S/C15H18N4O2/c20-15(21-19-8-4-7-16-19)18-11-9-17(10-12-18)13-14-5-2-1-3-6-14/h1-8H,9-13H2. The van der Waals surface area contributed by atoms with Gasteiger partial charge in [-0.2, -0.15) is 0 Å². The lowest BCUT2D eigenvalue weighted by molar-refractivity contribution is 0.0579. The van der Waals surface area contributed by atoms with E-state index in [0.717, 1.165) is 19.6 Å². The van der Waals surface area contributed by atoms with Crippen LogP contribution in [0.5, 0.6) is 0 Å². The second kappa shape index (κ2) is 6.41. The first-order chi connectivity index (χ1) is 10.3. The van der Waals surface area contributed by atoms with Gasteiger partial charge < -0.3 is 4.90 Å². The van der Waals surface area contributed by atoms with E-state index in [2.05, 4.69) is 22.1 Å². The second-order valence-corrected chi connectivity index (χ2v) is 5.01. The molecule has 6 heteroatoms. The lowest BCUT2D eigenvalue weighted by Gasteiger charge is -2.33. The lowest BCUT2D eigenvalue weighted by Crippen LogP contribution is -2.50. The van der Waals surface area contributed by atoms with Crippen molar-refractivity contribution >= 4 is 6.09 Å². The molecule has 2 aromatic rings. The van der Waals surface area contributed by atoms with Gasteiger partial charge >= 0.3 is 6.09 Å². The van der Waals surface area contributed by atoms with Gasteiger partial charge in [-0.05, 0) is 11.6 Å². The summed E-state index contributed by atoms with van der Waals surface area (Å²) in [5.41, 5.74) is 1.30. The first-order valence-electron chi connectivity index (χ1n) is 7.04. The Kier molecular flexibility index (Phi) is 4.16. The summed E-state index contributed by atoms with van der Waals surface area (Å²) in [5.74, 6) is 0. The molecule has 0 saturated carbocycles. The quantitative estimate of drug-likeness (QED) is 0.852. The highest BCUT2D eigenvalue weighted by Gasteiger charge is 2.22. The van der Waals surface area contributed by atoms with Crippen LogP contribution in [0, 0.1) is 0 Å². The summed E-state index contributed by atoms with van der Waals surface area (Å²) >= 11 is 0. The molecule has 1 amide bonds. The van der Waals surface area contributed by atoms with Crippen LogP contribution in [0.3, 0.4) is 0 Å². The van der Waals surface area contributed by atoms with Crippen LogP contribution < -0.4 is 4.84 Å². The van der Waals surface area contributed by atoms with E-state index in [-0.39, 0.29) is 6.09 Å². The Labute approximate surface area is 123 Å². The summed E-state index contributed by atoms with van der Waals surface area (Å²) in [5, 5.41) is 3.86. The molecule has 0 atom stereocenters. The van der Waals surface area contributed by atoms with Crippen molar-refractivity contribution in [2.75, 3.05) is 26.2 Å². The van der Waals surface area contributed by atoms with Gasteiger partial charge in [0.2, 0.25) is 0 Å². The number of hydrogen-bond acceptors (Lipinski definition) is 4. The molecule has 21 heavy (non-hydrogen) atoms. The number of benzene rings is 1. The van der Waals surface area contributed by atoms with Gasteiger partial charge in [-0.1, -0.05) is 35.2 Å². The SMILES string of the molecule is O=C(On1cccn1)N1CCN(Cc2ccccc2)CC1. The number of amides is 1. The van der Waals surface area contributed by atoms with E-state index < -0.39 is 0 Å². The van der Waals surface area contributed by atoms with Crippen molar-refractivity contribution < 1.29 is 9.63 Å². The van der Waals surface area contributed by atoms with Crippen molar-refractivity contribution in [3.8, 4) is 0 Å². The van der Waals surface area contributed by atoms with Crippen LogP contribution >= 0.6 is 0 Å². The maximum atomic E-state index is 12.0. The number of nitrogens with zero attached hydrogens (tertiary/aromatic N) is 4. The third-order valence-corrected chi connectivity index (χ3v) is 3.53. The molecular formula is C15H18N4O2. The summed E-state index contributed by atoms with van der Waals surface area (Å²) in [6, 6.07) is 12.1. The largest absolute Gasteiger partial charge is 0.436 e. The van der Waals surface area contributed by atoms with Gasteiger partial charge in [0.15, 0.2) is 0 Å². The van der Waals surface area contributed by atoms with Gasteiger partial charge in [-0.3, -0.25) is 9.74 Å². The van der Waals surface area contributed by atoms with E-state index in [1.807, 2.05) is 18.2 Å². The minimum absolute atomic E-state index is 0.349. The summed E-state index contributed by atoms with van der Waals surface area (Å²) in [6.07, 6.45) is 2.83. The van der Waals surface area contributed by atoms with E-state index in [9.17, 15) is 4.79 Å². The average molecular weight is 286 g/mol. The number of carbonyl (C=O) groups is 1. The highest BCUT2D eigenvalue weighted by molar-refractivity contribution is 5.67. The van der Waals surface area contributed by atoms with Crippen LogP contribution in [0.25, 0.3) is 0 Å². The van der Waals surface area contributed by atoms with E-state index in [4.69, 9.17) is 4.84 Å². The van der Waals surface area contributed by atoms with Crippen molar-refractivity contribution in [1.82, 2.24) is 19.7 Å². The Hall–Kier alpha value is -2.34. The number of aromatic nitrogens is 2. The molecule has 3 rings (SSSR count). The molecule has 1 aliphatic rings. The molecule has 1 saturated heterocycles. The molecule has 0 unspecified atom stereocenters. The van der Waals surface area contributed by atoms with Gasteiger partial charge in [0.05, 0.1) is 12.4 Å². The highest BCUT2D eigenvalue weighted by atomic mass is 16.7. The van der Waals surface area contributed by atoms with Crippen LogP contribution in [-0.4, -0.2) is 52.0 Å². The van der Waals surface area contributed by atoms with Crippen molar-refractivity contribution in [3.63, 3.8) is 0 Å². The molecule has 0 radical (unpaired) electrons. The zero-order valence-electron chi connectivity index (χ0n) is 11.8. The third-order valence-electron chi connectivity index (χ3n) is 3.53. The number of carbonyl (C=O) groups excluding carboxylic acids is 1. The van der Waals surface area contributed by atoms with Gasteiger partial charge in [0.1, 0.15) is 0 Å². The van der Waals surface area contributed by atoms with Crippen LogP contribution in [0.4, 0.5) is 4.79 Å². The number of hydrogen-bond donors (Lipinski definition) is 0. The van der Waals surface area contributed by atoms with Crippen molar-refractivity contribution in [2.24, 2.45) is 0 Å². The van der Waals surface area contributed by atoms with Crippen LogP contribution in [0.1, 0.15) is 5.56 Å². The van der Waals surface area contributed by atoms with Crippen LogP contribution in [0.2, 0.25) is 0 Å². The maximum Gasteiger partial charge on any atom is 0.436 e. The minimum atomic E-state index is -0.349. The van der Waals surface area contributed by atoms with Gasteiger partial charge in [0.25, 0.3) is 0 Å². The number of rotatable bonds is 3. The molecule has 0 aliphatic carbocycles. The van der Waals surface area contributed by atoms with Gasteiger partial charge in [-0.25, -0.2) is 4.79 Å². The summed E-state index contributed by atoms with van der Waals surface area (Å²) in [4.78, 5) is 22.3. The molecule has 0 N–H and O–H groups in total. The Morgan fingerprint density at radius 1 is 1.10 bits per heavy atom. The Morgan fingerprint density at radius 3 is 2.52 bits per heavy atom. The molecule has 0 spiro atoms. The van der Waals surface area contributed by atoms with E-state index >= 15 is 0 Å². The van der Waals surface area contributed by atoms with Crippen molar-refractivity contribution in [3.05, 3.63) is 54.4 Å². The smallest absolute Gasteiger partial charge is 0.304 e. The predicted octanol–water partition coefficient (Wildman–Crippen LogP) is 1.25. The monoisotopic (exact) mass is 286 g/mol. The minimum Gasteiger partial charge on any atom is -0.304 e. The zero-order valence-corrected chi connectivity index (χ0v) is 11.8. The van der Waals surface area contributed by atoms with E-state index in [1.165, 1.54) is 10.4 Å². The first-order valence-corrected chi connectivity index (χ1v) is 7.04. The number of piperazine rings is 1.